The molecular formula is C13H13BrN4O3S. The third kappa shape index (κ3) is 2.92. The van der Waals surface area contributed by atoms with Gasteiger partial charge in [-0.1, -0.05) is 22.0 Å². The average Bonchev–Trinajstić information content (AvgIpc) is 3.00. The highest BCUT2D eigenvalue weighted by molar-refractivity contribution is 9.10. The Morgan fingerprint density at radius 1 is 1.41 bits per heavy atom. The van der Waals surface area contributed by atoms with Crippen LogP contribution in [0.4, 0.5) is 5.82 Å². The van der Waals surface area contributed by atoms with Gasteiger partial charge in [-0.2, -0.15) is 9.40 Å². The Labute approximate surface area is 135 Å². The number of amides is 1. The number of fused-ring (bicyclic) bond motifs is 1. The van der Waals surface area contributed by atoms with Gasteiger partial charge in [0.15, 0.2) is 5.82 Å². The topological polar surface area (TPSA) is 95.2 Å². The van der Waals surface area contributed by atoms with E-state index in [4.69, 9.17) is 0 Å². The number of anilines is 1. The van der Waals surface area contributed by atoms with Crippen LogP contribution < -0.4 is 5.32 Å². The summed E-state index contributed by atoms with van der Waals surface area (Å²) in [6.45, 7) is 0.451. The highest BCUT2D eigenvalue weighted by Crippen LogP contribution is 2.28. The second-order valence-corrected chi connectivity index (χ2v) is 7.92. The molecule has 1 aliphatic heterocycles. The van der Waals surface area contributed by atoms with E-state index in [9.17, 15) is 13.2 Å². The molecule has 0 fully saturated rings. The number of carbonyl (C=O) groups is 1. The molecule has 0 spiro atoms. The standard InChI is InChI=1S/C13H13BrN4O3S/c1-22(20,21)18-6-10-11(7-18)16-17-12(10)15-13(19)8-3-2-4-9(14)5-8/h2-5H,6-7H2,1H3,(H2,15,16,17,19). The van der Waals surface area contributed by atoms with Crippen molar-refractivity contribution in [2.45, 2.75) is 13.1 Å². The average molecular weight is 385 g/mol. The molecule has 0 aliphatic carbocycles. The summed E-state index contributed by atoms with van der Waals surface area (Å²) in [6, 6.07) is 6.98. The molecule has 0 saturated carbocycles. The van der Waals surface area contributed by atoms with Gasteiger partial charge >= 0.3 is 0 Å². The molecule has 1 aromatic heterocycles. The zero-order valence-electron chi connectivity index (χ0n) is 11.6. The Bertz CT molecular complexity index is 847. The molecule has 0 atom stereocenters. The van der Waals surface area contributed by atoms with E-state index >= 15 is 0 Å². The molecular weight excluding hydrogens is 372 g/mol. The number of sulfonamides is 1. The first-order valence-corrected chi connectivity index (χ1v) is 9.07. The quantitative estimate of drug-likeness (QED) is 0.841. The van der Waals surface area contributed by atoms with Crippen molar-refractivity contribution in [1.82, 2.24) is 14.5 Å². The number of benzene rings is 1. The molecule has 3 rings (SSSR count). The van der Waals surface area contributed by atoms with Gasteiger partial charge in [0.2, 0.25) is 10.0 Å². The lowest BCUT2D eigenvalue weighted by Crippen LogP contribution is -2.24. The van der Waals surface area contributed by atoms with Crippen molar-refractivity contribution in [1.29, 1.82) is 0 Å². The van der Waals surface area contributed by atoms with Gasteiger partial charge in [-0.25, -0.2) is 8.42 Å². The molecule has 2 N–H and O–H groups in total. The number of aromatic amines is 1. The number of hydrogen-bond acceptors (Lipinski definition) is 4. The largest absolute Gasteiger partial charge is 0.305 e. The maximum absolute atomic E-state index is 12.2. The Morgan fingerprint density at radius 3 is 2.86 bits per heavy atom. The molecule has 9 heteroatoms. The van der Waals surface area contributed by atoms with Gasteiger partial charge in [0.05, 0.1) is 18.5 Å². The highest BCUT2D eigenvalue weighted by Gasteiger charge is 2.30. The zero-order chi connectivity index (χ0) is 15.9. The molecule has 0 unspecified atom stereocenters. The molecule has 0 saturated heterocycles. The summed E-state index contributed by atoms with van der Waals surface area (Å²) in [5.41, 5.74) is 1.90. The van der Waals surface area contributed by atoms with Gasteiger partial charge in [-0.05, 0) is 18.2 Å². The molecule has 116 valence electrons. The number of nitrogens with zero attached hydrogens (tertiary/aromatic N) is 2. The van der Waals surface area contributed by atoms with Crippen LogP contribution in [0.2, 0.25) is 0 Å². The summed E-state index contributed by atoms with van der Waals surface area (Å²) in [7, 11) is -3.28. The van der Waals surface area contributed by atoms with Gasteiger partial charge in [0.1, 0.15) is 0 Å². The van der Waals surface area contributed by atoms with E-state index < -0.39 is 10.0 Å². The van der Waals surface area contributed by atoms with Crippen LogP contribution in [0.5, 0.6) is 0 Å². The number of carbonyl (C=O) groups excluding carboxylic acids is 1. The number of halogens is 1. The van der Waals surface area contributed by atoms with Gasteiger partial charge in [0.25, 0.3) is 5.91 Å². The summed E-state index contributed by atoms with van der Waals surface area (Å²) in [4.78, 5) is 12.2. The number of aromatic nitrogens is 2. The first kappa shape index (κ1) is 15.2. The Morgan fingerprint density at radius 2 is 2.18 bits per heavy atom. The van der Waals surface area contributed by atoms with Crippen LogP contribution in [0.15, 0.2) is 28.7 Å². The molecule has 22 heavy (non-hydrogen) atoms. The van der Waals surface area contributed by atoms with Crippen molar-refractivity contribution >= 4 is 37.7 Å². The van der Waals surface area contributed by atoms with E-state index in [1.807, 2.05) is 6.07 Å². The van der Waals surface area contributed by atoms with Crippen LogP contribution in [-0.2, 0) is 23.1 Å². The van der Waals surface area contributed by atoms with E-state index in [0.717, 1.165) is 10.7 Å². The Balaban J connectivity index is 1.81. The van der Waals surface area contributed by atoms with E-state index in [-0.39, 0.29) is 19.0 Å². The third-order valence-electron chi connectivity index (χ3n) is 3.41. The van der Waals surface area contributed by atoms with Crippen LogP contribution in [0.1, 0.15) is 21.6 Å². The predicted molar refractivity (Wildman–Crippen MR) is 84.8 cm³/mol. The van der Waals surface area contributed by atoms with E-state index in [2.05, 4.69) is 31.4 Å². The van der Waals surface area contributed by atoms with Crippen molar-refractivity contribution < 1.29 is 13.2 Å². The first-order chi connectivity index (χ1) is 10.3. The second kappa shape index (κ2) is 5.49. The predicted octanol–water partition coefficient (Wildman–Crippen LogP) is 1.70. The molecule has 1 amide bonds. The van der Waals surface area contributed by atoms with Gasteiger partial charge in [-0.15, -0.1) is 0 Å². The van der Waals surface area contributed by atoms with Gasteiger partial charge in [0, 0.05) is 22.1 Å². The van der Waals surface area contributed by atoms with Crippen molar-refractivity contribution in [2.24, 2.45) is 0 Å². The van der Waals surface area contributed by atoms with Crippen molar-refractivity contribution in [3.63, 3.8) is 0 Å². The van der Waals surface area contributed by atoms with Crippen LogP contribution in [-0.4, -0.2) is 35.1 Å². The molecule has 1 aromatic carbocycles. The van der Waals surface area contributed by atoms with Crippen LogP contribution in [0, 0.1) is 0 Å². The maximum Gasteiger partial charge on any atom is 0.256 e. The molecule has 7 nitrogen and oxygen atoms in total. The highest BCUT2D eigenvalue weighted by atomic mass is 79.9. The number of H-pyrrole nitrogens is 1. The summed E-state index contributed by atoms with van der Waals surface area (Å²) >= 11 is 3.31. The minimum atomic E-state index is -3.28. The minimum absolute atomic E-state index is 0.207. The number of nitrogens with one attached hydrogen (secondary N) is 2. The summed E-state index contributed by atoms with van der Waals surface area (Å²) in [6.07, 6.45) is 1.16. The molecule has 0 radical (unpaired) electrons. The monoisotopic (exact) mass is 384 g/mol. The fourth-order valence-electron chi connectivity index (χ4n) is 2.26. The fraction of sp³-hybridized carbons (Fsp3) is 0.231. The van der Waals surface area contributed by atoms with E-state index in [1.165, 1.54) is 4.31 Å². The zero-order valence-corrected chi connectivity index (χ0v) is 14.0. The second-order valence-electron chi connectivity index (χ2n) is 5.02. The lowest BCUT2D eigenvalue weighted by atomic mass is 10.2. The normalized spacial score (nSPS) is 14.8. The molecule has 0 bridgehead atoms. The lowest BCUT2D eigenvalue weighted by Gasteiger charge is -2.11. The smallest absolute Gasteiger partial charge is 0.256 e. The SMILES string of the molecule is CS(=O)(=O)N1Cc2[nH]nc(NC(=O)c3cccc(Br)c3)c2C1. The van der Waals surface area contributed by atoms with Crippen molar-refractivity contribution in [3.05, 3.63) is 45.6 Å². The third-order valence-corrected chi connectivity index (χ3v) is 5.10. The Kier molecular flexibility index (Phi) is 3.79. The van der Waals surface area contributed by atoms with Gasteiger partial charge in [-0.3, -0.25) is 9.89 Å². The number of hydrogen-bond donors (Lipinski definition) is 2. The summed E-state index contributed by atoms with van der Waals surface area (Å²) < 4.78 is 25.3. The van der Waals surface area contributed by atoms with Gasteiger partial charge < -0.3 is 5.32 Å². The summed E-state index contributed by atoms with van der Waals surface area (Å²) in [5, 5.41) is 9.54. The minimum Gasteiger partial charge on any atom is -0.305 e. The van der Waals surface area contributed by atoms with Crippen LogP contribution >= 0.6 is 15.9 Å². The molecule has 2 aromatic rings. The first-order valence-electron chi connectivity index (χ1n) is 6.43. The Hall–Kier alpha value is -1.71. The lowest BCUT2D eigenvalue weighted by molar-refractivity contribution is 0.102. The fourth-order valence-corrected chi connectivity index (χ4v) is 3.38. The number of rotatable bonds is 3. The molecule has 1 aliphatic rings. The van der Waals surface area contributed by atoms with Crippen molar-refractivity contribution in [2.75, 3.05) is 11.6 Å². The maximum atomic E-state index is 12.2. The summed E-state index contributed by atoms with van der Waals surface area (Å²) in [5.74, 6) is 0.0690. The molecule has 2 heterocycles. The van der Waals surface area contributed by atoms with E-state index in [0.29, 0.717) is 22.6 Å². The van der Waals surface area contributed by atoms with Crippen LogP contribution in [0.3, 0.4) is 0 Å². The van der Waals surface area contributed by atoms with Crippen LogP contribution in [0.25, 0.3) is 0 Å². The van der Waals surface area contributed by atoms with E-state index in [1.54, 1.807) is 18.2 Å². The van der Waals surface area contributed by atoms with Crippen molar-refractivity contribution in [3.8, 4) is 0 Å².